The molecule has 0 aliphatic carbocycles. The average molecular weight is 441 g/mol. The Hall–Kier alpha value is -3.57. The number of hydrogen-bond acceptors (Lipinski definition) is 3. The zero-order chi connectivity index (χ0) is 22.7. The molecule has 4 nitrogen and oxygen atoms in total. The molecule has 1 heterocycles. The number of carbonyl (C=O) groups is 1. The Balaban J connectivity index is 2.02. The summed E-state index contributed by atoms with van der Waals surface area (Å²) in [6.07, 6.45) is 0. The lowest BCUT2D eigenvalue weighted by molar-refractivity contribution is 0.0997. The SMILES string of the molecule is Cc1ccccc1C(=O)N=c1sc(-c2ccccc2)cc(=O)n1-c1ccccc1C(C)C. The van der Waals surface area contributed by atoms with E-state index in [4.69, 9.17) is 0 Å². The first-order chi connectivity index (χ1) is 15.5. The maximum atomic E-state index is 13.4. The van der Waals surface area contributed by atoms with Gasteiger partial charge in [0.05, 0.1) is 5.69 Å². The van der Waals surface area contributed by atoms with E-state index in [1.807, 2.05) is 79.7 Å². The van der Waals surface area contributed by atoms with Crippen LogP contribution in [-0.4, -0.2) is 10.5 Å². The minimum absolute atomic E-state index is 0.205. The fourth-order valence-corrected chi connectivity index (χ4v) is 4.64. The van der Waals surface area contributed by atoms with Gasteiger partial charge < -0.3 is 0 Å². The first-order valence-corrected chi connectivity index (χ1v) is 11.3. The number of amides is 1. The molecule has 0 aliphatic heterocycles. The molecule has 0 saturated carbocycles. The third-order valence-corrected chi connectivity index (χ3v) is 6.33. The van der Waals surface area contributed by atoms with E-state index in [1.165, 1.54) is 11.3 Å². The monoisotopic (exact) mass is 440 g/mol. The Labute approximate surface area is 191 Å². The van der Waals surface area contributed by atoms with E-state index in [-0.39, 0.29) is 17.4 Å². The van der Waals surface area contributed by atoms with E-state index >= 15 is 0 Å². The Bertz CT molecular complexity index is 1400. The van der Waals surface area contributed by atoms with Crippen molar-refractivity contribution in [3.63, 3.8) is 0 Å². The molecule has 0 N–H and O–H groups in total. The topological polar surface area (TPSA) is 51.4 Å². The number of para-hydroxylation sites is 1. The van der Waals surface area contributed by atoms with Gasteiger partial charge in [-0.3, -0.25) is 14.2 Å². The minimum Gasteiger partial charge on any atom is -0.269 e. The third-order valence-electron chi connectivity index (χ3n) is 5.30. The standard InChI is InChI=1S/C27H24N2O2S/c1-18(2)21-14-9-10-16-23(21)29-25(30)17-24(20-12-5-4-6-13-20)32-27(29)28-26(31)22-15-8-7-11-19(22)3/h4-18H,1-3H3. The summed E-state index contributed by atoms with van der Waals surface area (Å²) in [5, 5.41) is 0. The van der Waals surface area contributed by atoms with E-state index in [1.54, 1.807) is 16.7 Å². The Morgan fingerprint density at radius 3 is 2.28 bits per heavy atom. The number of carbonyl (C=O) groups excluding carboxylic acids is 1. The van der Waals surface area contributed by atoms with Crippen LogP contribution in [0.2, 0.25) is 0 Å². The summed E-state index contributed by atoms with van der Waals surface area (Å²) in [6.45, 7) is 6.05. The minimum atomic E-state index is -0.361. The van der Waals surface area contributed by atoms with E-state index in [9.17, 15) is 9.59 Å². The van der Waals surface area contributed by atoms with E-state index in [2.05, 4.69) is 18.8 Å². The van der Waals surface area contributed by atoms with Crippen LogP contribution in [0.3, 0.4) is 0 Å². The molecule has 0 saturated heterocycles. The summed E-state index contributed by atoms with van der Waals surface area (Å²) in [7, 11) is 0. The first kappa shape index (κ1) is 21.7. The lowest BCUT2D eigenvalue weighted by atomic mass is 10.0. The van der Waals surface area contributed by atoms with Crippen molar-refractivity contribution in [3.8, 4) is 16.1 Å². The number of benzene rings is 3. The van der Waals surface area contributed by atoms with Crippen LogP contribution in [0, 0.1) is 6.92 Å². The van der Waals surface area contributed by atoms with E-state index < -0.39 is 0 Å². The Morgan fingerprint density at radius 1 is 0.906 bits per heavy atom. The number of rotatable bonds is 4. The molecule has 0 unspecified atom stereocenters. The maximum absolute atomic E-state index is 13.4. The summed E-state index contributed by atoms with van der Waals surface area (Å²) >= 11 is 1.34. The van der Waals surface area contributed by atoms with E-state index in [0.717, 1.165) is 27.3 Å². The summed E-state index contributed by atoms with van der Waals surface area (Å²) < 4.78 is 1.56. The highest BCUT2D eigenvalue weighted by molar-refractivity contribution is 7.12. The molecule has 4 rings (SSSR count). The van der Waals surface area contributed by atoms with Crippen molar-refractivity contribution >= 4 is 17.2 Å². The summed E-state index contributed by atoms with van der Waals surface area (Å²) in [6, 6.07) is 26.4. The first-order valence-electron chi connectivity index (χ1n) is 10.5. The zero-order valence-electron chi connectivity index (χ0n) is 18.3. The van der Waals surface area contributed by atoms with Crippen molar-refractivity contribution in [1.82, 2.24) is 4.57 Å². The average Bonchev–Trinajstić information content (AvgIpc) is 2.79. The zero-order valence-corrected chi connectivity index (χ0v) is 19.1. The van der Waals surface area contributed by atoms with Crippen molar-refractivity contribution < 1.29 is 4.79 Å². The molecule has 3 aromatic carbocycles. The van der Waals surface area contributed by atoms with Crippen molar-refractivity contribution in [3.05, 3.63) is 117 Å². The quantitative estimate of drug-likeness (QED) is 0.406. The second-order valence-corrected chi connectivity index (χ2v) is 8.89. The van der Waals surface area contributed by atoms with Crippen LogP contribution in [0.25, 0.3) is 16.1 Å². The fraction of sp³-hybridized carbons (Fsp3) is 0.148. The van der Waals surface area contributed by atoms with Crippen LogP contribution in [0.5, 0.6) is 0 Å². The summed E-state index contributed by atoms with van der Waals surface area (Å²) in [5.41, 5.74) is 3.85. The highest BCUT2D eigenvalue weighted by Gasteiger charge is 2.15. The van der Waals surface area contributed by atoms with Crippen LogP contribution in [0.1, 0.15) is 41.3 Å². The lowest BCUT2D eigenvalue weighted by Gasteiger charge is -2.15. The van der Waals surface area contributed by atoms with Crippen molar-refractivity contribution in [2.75, 3.05) is 0 Å². The second-order valence-electron chi connectivity index (χ2n) is 7.88. The molecule has 0 bridgehead atoms. The van der Waals surface area contributed by atoms with Crippen LogP contribution in [0.15, 0.2) is 94.7 Å². The molecule has 4 aromatic rings. The molecule has 1 amide bonds. The van der Waals surface area contributed by atoms with Crippen molar-refractivity contribution in [1.29, 1.82) is 0 Å². The van der Waals surface area contributed by atoms with Gasteiger partial charge in [-0.05, 0) is 41.7 Å². The molecule has 0 aliphatic rings. The Kier molecular flexibility index (Phi) is 6.28. The predicted octanol–water partition coefficient (Wildman–Crippen LogP) is 5.74. The lowest BCUT2D eigenvalue weighted by Crippen LogP contribution is -2.31. The van der Waals surface area contributed by atoms with Crippen LogP contribution >= 0.6 is 11.3 Å². The van der Waals surface area contributed by atoms with Crippen molar-refractivity contribution in [2.24, 2.45) is 4.99 Å². The van der Waals surface area contributed by atoms with Crippen molar-refractivity contribution in [2.45, 2.75) is 26.7 Å². The maximum Gasteiger partial charge on any atom is 0.279 e. The molecule has 0 spiro atoms. The normalized spacial score (nSPS) is 11.7. The molecule has 1 aromatic heterocycles. The molecule has 160 valence electrons. The predicted molar refractivity (Wildman–Crippen MR) is 131 cm³/mol. The molecule has 5 heteroatoms. The van der Waals surface area contributed by atoms with Gasteiger partial charge in [0.1, 0.15) is 0 Å². The summed E-state index contributed by atoms with van der Waals surface area (Å²) in [4.78, 5) is 32.1. The number of aryl methyl sites for hydroxylation is 1. The summed E-state index contributed by atoms with van der Waals surface area (Å²) in [5.74, 6) is -0.156. The molecule has 0 atom stereocenters. The van der Waals surface area contributed by atoms with Crippen LogP contribution < -0.4 is 10.4 Å². The van der Waals surface area contributed by atoms with Gasteiger partial charge in [0, 0.05) is 16.5 Å². The highest BCUT2D eigenvalue weighted by Crippen LogP contribution is 2.23. The van der Waals surface area contributed by atoms with Gasteiger partial charge in [-0.15, -0.1) is 0 Å². The number of hydrogen-bond donors (Lipinski definition) is 0. The molecular formula is C27H24N2O2S. The highest BCUT2D eigenvalue weighted by atomic mass is 32.1. The fourth-order valence-electron chi connectivity index (χ4n) is 3.62. The van der Waals surface area contributed by atoms with Gasteiger partial charge in [0.15, 0.2) is 0 Å². The van der Waals surface area contributed by atoms with Gasteiger partial charge in [0.2, 0.25) is 4.80 Å². The van der Waals surface area contributed by atoms with E-state index in [0.29, 0.717) is 10.4 Å². The van der Waals surface area contributed by atoms with Gasteiger partial charge in [-0.1, -0.05) is 91.9 Å². The van der Waals surface area contributed by atoms with Crippen LogP contribution in [0.4, 0.5) is 0 Å². The van der Waals surface area contributed by atoms with Gasteiger partial charge in [-0.2, -0.15) is 4.99 Å². The third kappa shape index (κ3) is 4.39. The largest absolute Gasteiger partial charge is 0.279 e. The smallest absolute Gasteiger partial charge is 0.269 e. The molecule has 0 radical (unpaired) electrons. The Morgan fingerprint density at radius 2 is 1.56 bits per heavy atom. The van der Waals surface area contributed by atoms with Gasteiger partial charge in [0.25, 0.3) is 11.5 Å². The molecule has 32 heavy (non-hydrogen) atoms. The van der Waals surface area contributed by atoms with Gasteiger partial charge >= 0.3 is 0 Å². The van der Waals surface area contributed by atoms with Gasteiger partial charge in [-0.25, -0.2) is 0 Å². The second kappa shape index (κ2) is 9.28. The molecule has 0 fully saturated rings. The van der Waals surface area contributed by atoms with Crippen LogP contribution in [-0.2, 0) is 0 Å². The molecular weight excluding hydrogens is 416 g/mol. The number of nitrogens with zero attached hydrogens (tertiary/aromatic N) is 2. The number of aromatic nitrogens is 1.